The molecule has 2 aromatic heterocycles. The number of nitrogens with one attached hydrogen (secondary N) is 3. The quantitative estimate of drug-likeness (QED) is 0.220. The van der Waals surface area contributed by atoms with Crippen LogP contribution in [0, 0.1) is 0 Å². The molecule has 3 N–H and O–H groups in total. The molecular weight excluding hydrogens is 461 g/mol. The van der Waals surface area contributed by atoms with Gasteiger partial charge >= 0.3 is 0 Å². The predicted molar refractivity (Wildman–Crippen MR) is 119 cm³/mol. The van der Waals surface area contributed by atoms with Crippen molar-refractivity contribution >= 4 is 47.2 Å². The van der Waals surface area contributed by atoms with Crippen LogP contribution >= 0.6 is 35.3 Å². The molecule has 142 valence electrons. The van der Waals surface area contributed by atoms with Crippen molar-refractivity contribution in [2.24, 2.45) is 4.99 Å². The second-order valence-corrected chi connectivity index (χ2v) is 6.29. The number of hydrogen-bond acceptors (Lipinski definition) is 4. The molecule has 0 radical (unpaired) electrons. The predicted octanol–water partition coefficient (Wildman–Crippen LogP) is 2.68. The van der Waals surface area contributed by atoms with E-state index in [1.807, 2.05) is 42.6 Å². The lowest BCUT2D eigenvalue weighted by Gasteiger charge is -2.11. The second kappa shape index (κ2) is 13.5. The van der Waals surface area contributed by atoms with E-state index in [0.717, 1.165) is 42.5 Å². The van der Waals surface area contributed by atoms with E-state index in [2.05, 4.69) is 25.9 Å². The molecule has 2 heterocycles. The molecule has 2 aromatic rings. The van der Waals surface area contributed by atoms with Gasteiger partial charge in [-0.05, 0) is 36.9 Å². The van der Waals surface area contributed by atoms with Crippen molar-refractivity contribution in [1.82, 2.24) is 20.9 Å². The summed E-state index contributed by atoms with van der Waals surface area (Å²) in [5, 5.41) is 11.3. The number of nitrogens with zero attached hydrogens (tertiary/aromatic N) is 2. The molecule has 0 aromatic carbocycles. The molecule has 0 aliphatic heterocycles. The number of carbonyl (C=O) groups is 1. The average Bonchev–Trinajstić information content (AvgIpc) is 3.17. The van der Waals surface area contributed by atoms with Crippen LogP contribution in [0.5, 0.6) is 0 Å². The molecule has 2 rings (SSSR count). The van der Waals surface area contributed by atoms with Gasteiger partial charge in [-0.2, -0.15) is 0 Å². The Kier molecular flexibility index (Phi) is 11.6. The first-order chi connectivity index (χ1) is 12.3. The van der Waals surface area contributed by atoms with Gasteiger partial charge < -0.3 is 16.0 Å². The Balaban J connectivity index is 0.00000338. The Morgan fingerprint density at radius 3 is 2.73 bits per heavy atom. The third-order valence-electron chi connectivity index (χ3n) is 3.38. The van der Waals surface area contributed by atoms with Crippen molar-refractivity contribution in [3.63, 3.8) is 0 Å². The zero-order valence-corrected chi connectivity index (χ0v) is 18.1. The van der Waals surface area contributed by atoms with Crippen molar-refractivity contribution < 1.29 is 4.79 Å². The minimum Gasteiger partial charge on any atom is -0.357 e. The Labute approximate surface area is 175 Å². The number of amides is 1. The highest BCUT2D eigenvalue weighted by atomic mass is 127. The first-order valence-corrected chi connectivity index (χ1v) is 9.41. The zero-order chi connectivity index (χ0) is 17.7. The highest BCUT2D eigenvalue weighted by Crippen LogP contribution is 2.07. The molecule has 0 aliphatic rings. The molecule has 0 spiro atoms. The van der Waals surface area contributed by atoms with Crippen LogP contribution in [0.4, 0.5) is 0 Å². The lowest BCUT2D eigenvalue weighted by molar-refractivity contribution is 0.0957. The zero-order valence-electron chi connectivity index (χ0n) is 14.9. The average molecular weight is 487 g/mol. The van der Waals surface area contributed by atoms with Crippen molar-refractivity contribution in [2.45, 2.75) is 19.8 Å². The lowest BCUT2D eigenvalue weighted by atomic mass is 10.3. The Hall–Kier alpha value is -1.68. The monoisotopic (exact) mass is 487 g/mol. The van der Waals surface area contributed by atoms with Gasteiger partial charge in [0.25, 0.3) is 5.91 Å². The first kappa shape index (κ1) is 22.4. The molecule has 0 fully saturated rings. The fraction of sp³-hybridized carbons (Fsp3) is 0.389. The minimum atomic E-state index is -0.0145. The number of halogens is 1. The second-order valence-electron chi connectivity index (χ2n) is 5.35. The molecule has 0 unspecified atom stereocenters. The van der Waals surface area contributed by atoms with E-state index < -0.39 is 0 Å². The van der Waals surface area contributed by atoms with Crippen LogP contribution in [-0.2, 0) is 6.42 Å². The maximum atomic E-state index is 11.8. The topological polar surface area (TPSA) is 78.4 Å². The standard InChI is InChI=1S/C18H25N5OS.HI/c1-2-19-18(23-13-9-15-7-3-4-10-20-15)22-12-6-11-21-17(24)16-8-5-14-25-16;/h3-5,7-8,10,14H,2,6,9,11-13H2,1H3,(H,21,24)(H2,19,22,23);1H. The molecular formula is C18H26IN5OS. The third kappa shape index (κ3) is 8.61. The highest BCUT2D eigenvalue weighted by molar-refractivity contribution is 14.0. The minimum absolute atomic E-state index is 0. The van der Waals surface area contributed by atoms with E-state index in [1.165, 1.54) is 11.3 Å². The summed E-state index contributed by atoms with van der Waals surface area (Å²) in [6.07, 6.45) is 3.45. The fourth-order valence-corrected chi connectivity index (χ4v) is 2.80. The molecule has 6 nitrogen and oxygen atoms in total. The van der Waals surface area contributed by atoms with Crippen LogP contribution in [0.1, 0.15) is 28.7 Å². The molecule has 0 aliphatic carbocycles. The summed E-state index contributed by atoms with van der Waals surface area (Å²) >= 11 is 1.45. The van der Waals surface area contributed by atoms with E-state index in [9.17, 15) is 4.79 Å². The van der Waals surface area contributed by atoms with Crippen LogP contribution in [0.2, 0.25) is 0 Å². The first-order valence-electron chi connectivity index (χ1n) is 8.53. The third-order valence-corrected chi connectivity index (χ3v) is 4.25. The molecule has 1 amide bonds. The van der Waals surface area contributed by atoms with Gasteiger partial charge in [-0.1, -0.05) is 12.1 Å². The number of thiophene rings is 1. The Morgan fingerprint density at radius 2 is 2.04 bits per heavy atom. The summed E-state index contributed by atoms with van der Waals surface area (Å²) in [7, 11) is 0. The molecule has 0 saturated carbocycles. The van der Waals surface area contributed by atoms with E-state index in [-0.39, 0.29) is 29.9 Å². The molecule has 0 saturated heterocycles. The van der Waals surface area contributed by atoms with Crippen LogP contribution in [0.15, 0.2) is 46.9 Å². The Bertz CT molecular complexity index is 649. The normalized spacial score (nSPS) is 10.7. The maximum absolute atomic E-state index is 11.8. The number of aliphatic imine (C=N–C) groups is 1. The number of pyridine rings is 1. The summed E-state index contributed by atoms with van der Waals surface area (Å²) < 4.78 is 0. The van der Waals surface area contributed by atoms with Gasteiger partial charge in [-0.3, -0.25) is 14.8 Å². The summed E-state index contributed by atoms with van der Waals surface area (Å²) in [6.45, 7) is 4.90. The van der Waals surface area contributed by atoms with Crippen LogP contribution < -0.4 is 16.0 Å². The summed E-state index contributed by atoms with van der Waals surface area (Å²) in [6, 6.07) is 9.63. The molecule has 26 heavy (non-hydrogen) atoms. The van der Waals surface area contributed by atoms with Gasteiger partial charge in [0.2, 0.25) is 0 Å². The molecule has 0 atom stereocenters. The van der Waals surface area contributed by atoms with E-state index in [4.69, 9.17) is 0 Å². The van der Waals surface area contributed by atoms with Gasteiger partial charge in [0.05, 0.1) is 4.88 Å². The maximum Gasteiger partial charge on any atom is 0.261 e. The van der Waals surface area contributed by atoms with Crippen LogP contribution in [0.3, 0.4) is 0 Å². The van der Waals surface area contributed by atoms with Crippen molar-refractivity contribution in [2.75, 3.05) is 26.2 Å². The van der Waals surface area contributed by atoms with Gasteiger partial charge in [0.1, 0.15) is 0 Å². The van der Waals surface area contributed by atoms with E-state index >= 15 is 0 Å². The lowest BCUT2D eigenvalue weighted by Crippen LogP contribution is -2.38. The van der Waals surface area contributed by atoms with Crippen molar-refractivity contribution in [3.05, 3.63) is 52.5 Å². The number of aromatic nitrogens is 1. The largest absolute Gasteiger partial charge is 0.357 e. The summed E-state index contributed by atoms with van der Waals surface area (Å²) in [5.74, 6) is 0.780. The highest BCUT2D eigenvalue weighted by Gasteiger charge is 2.04. The fourth-order valence-electron chi connectivity index (χ4n) is 2.16. The molecule has 8 heteroatoms. The SMILES string of the molecule is CCNC(=NCCCNC(=O)c1cccs1)NCCc1ccccn1.I. The Morgan fingerprint density at radius 1 is 1.15 bits per heavy atom. The van der Waals surface area contributed by atoms with E-state index in [0.29, 0.717) is 13.1 Å². The number of hydrogen-bond donors (Lipinski definition) is 3. The molecule has 0 bridgehead atoms. The summed E-state index contributed by atoms with van der Waals surface area (Å²) in [5.41, 5.74) is 1.06. The summed E-state index contributed by atoms with van der Waals surface area (Å²) in [4.78, 5) is 21.4. The van der Waals surface area contributed by atoms with Crippen LogP contribution in [-0.4, -0.2) is 43.0 Å². The van der Waals surface area contributed by atoms with Gasteiger partial charge in [-0.15, -0.1) is 35.3 Å². The van der Waals surface area contributed by atoms with Gasteiger partial charge in [0.15, 0.2) is 5.96 Å². The van der Waals surface area contributed by atoms with E-state index in [1.54, 1.807) is 6.20 Å². The van der Waals surface area contributed by atoms with Crippen LogP contribution in [0.25, 0.3) is 0 Å². The van der Waals surface area contributed by atoms with Crippen molar-refractivity contribution in [1.29, 1.82) is 0 Å². The van der Waals surface area contributed by atoms with Crippen molar-refractivity contribution in [3.8, 4) is 0 Å². The smallest absolute Gasteiger partial charge is 0.261 e. The number of guanidine groups is 1. The number of carbonyl (C=O) groups excluding carboxylic acids is 1. The van der Waals surface area contributed by atoms with Gasteiger partial charge in [-0.25, -0.2) is 0 Å². The van der Waals surface area contributed by atoms with Gasteiger partial charge in [0, 0.05) is 44.5 Å². The number of rotatable bonds is 9.